The van der Waals surface area contributed by atoms with Crippen molar-refractivity contribution in [2.45, 2.75) is 45.1 Å². The molecular weight excluding hydrogens is 448 g/mol. The van der Waals surface area contributed by atoms with E-state index in [0.29, 0.717) is 5.92 Å². The number of amides is 1. The number of hydrogen-bond donors (Lipinski definition) is 1. The first-order chi connectivity index (χ1) is 17.5. The number of hydrogen-bond acceptors (Lipinski definition) is 4. The van der Waals surface area contributed by atoms with E-state index in [0.717, 1.165) is 56.1 Å². The van der Waals surface area contributed by atoms with E-state index in [2.05, 4.69) is 52.7 Å². The van der Waals surface area contributed by atoms with Gasteiger partial charge in [-0.25, -0.2) is 0 Å². The van der Waals surface area contributed by atoms with Gasteiger partial charge in [0.05, 0.1) is 7.11 Å². The number of benzene rings is 3. The number of nitrogens with one attached hydrogen (secondary N) is 1. The molecule has 0 spiro atoms. The van der Waals surface area contributed by atoms with Gasteiger partial charge in [0, 0.05) is 24.6 Å². The number of nitrogens with zero attached hydrogens (tertiary/aromatic N) is 1. The summed E-state index contributed by atoms with van der Waals surface area (Å²) in [6, 6.07) is 26.7. The summed E-state index contributed by atoms with van der Waals surface area (Å²) < 4.78 is 11.7. The van der Waals surface area contributed by atoms with Crippen molar-refractivity contribution in [1.82, 2.24) is 4.90 Å². The van der Waals surface area contributed by atoms with Gasteiger partial charge in [0.25, 0.3) is 0 Å². The third-order valence-electron chi connectivity index (χ3n) is 6.95. The fraction of sp³-hybridized carbons (Fsp3) is 0.387. The van der Waals surface area contributed by atoms with Crippen molar-refractivity contribution in [3.63, 3.8) is 0 Å². The molecule has 5 heteroatoms. The largest absolute Gasteiger partial charge is 0.497 e. The fourth-order valence-electron chi connectivity index (χ4n) is 4.73. The van der Waals surface area contributed by atoms with Gasteiger partial charge in [-0.3, -0.25) is 4.79 Å². The number of likely N-dealkylation sites (tertiary alicyclic amines) is 1. The normalized spacial score (nSPS) is 15.4. The Labute approximate surface area is 215 Å². The van der Waals surface area contributed by atoms with E-state index in [9.17, 15) is 4.79 Å². The Morgan fingerprint density at radius 3 is 2.31 bits per heavy atom. The molecule has 0 saturated carbocycles. The molecule has 0 aliphatic carbocycles. The molecule has 1 aliphatic heterocycles. The van der Waals surface area contributed by atoms with Crippen LogP contribution < -0.4 is 14.8 Å². The van der Waals surface area contributed by atoms with Crippen LogP contribution in [0.15, 0.2) is 78.9 Å². The molecule has 1 amide bonds. The Morgan fingerprint density at radius 1 is 0.944 bits per heavy atom. The van der Waals surface area contributed by atoms with Crippen LogP contribution >= 0.6 is 0 Å². The summed E-state index contributed by atoms with van der Waals surface area (Å²) in [6.45, 7) is 6.96. The highest BCUT2D eigenvalue weighted by Crippen LogP contribution is 2.31. The van der Waals surface area contributed by atoms with Crippen LogP contribution in [0.3, 0.4) is 0 Å². The summed E-state index contributed by atoms with van der Waals surface area (Å²) in [4.78, 5) is 14.6. The Hall–Kier alpha value is -3.31. The summed E-state index contributed by atoms with van der Waals surface area (Å²) in [5.74, 6) is 2.25. The third-order valence-corrected chi connectivity index (χ3v) is 6.95. The molecule has 5 nitrogen and oxygen atoms in total. The van der Waals surface area contributed by atoms with E-state index in [4.69, 9.17) is 9.47 Å². The molecule has 1 unspecified atom stereocenters. The molecular formula is C31H38N2O3. The Balaban J connectivity index is 1.33. The number of carbonyl (C=O) groups excluding carboxylic acids is 1. The molecule has 4 rings (SSSR count). The summed E-state index contributed by atoms with van der Waals surface area (Å²) in [5, 5.41) is 3.03. The number of piperidine rings is 1. The molecule has 1 fully saturated rings. The lowest BCUT2D eigenvalue weighted by Gasteiger charge is -2.33. The molecule has 1 atom stereocenters. The van der Waals surface area contributed by atoms with Gasteiger partial charge in [-0.05, 0) is 79.4 Å². The van der Waals surface area contributed by atoms with Gasteiger partial charge in [0.2, 0.25) is 5.91 Å². The zero-order chi connectivity index (χ0) is 25.3. The predicted molar refractivity (Wildman–Crippen MR) is 146 cm³/mol. The maximum atomic E-state index is 12.1. The van der Waals surface area contributed by atoms with E-state index in [-0.39, 0.29) is 17.9 Å². The highest BCUT2D eigenvalue weighted by Gasteiger charge is 2.23. The maximum absolute atomic E-state index is 12.1. The highest BCUT2D eigenvalue weighted by atomic mass is 16.5. The summed E-state index contributed by atoms with van der Waals surface area (Å²) >= 11 is 0. The standard InChI is InChI=1S/C31H38N2O3/c1-23(2)31(34)32-27-11-7-10-26(22-27)24-16-19-33(20-17-24)21-18-30(25-8-5-4-6-9-25)36-29-14-12-28(35-3)13-15-29/h4-15,22-24,30H,16-21H2,1-3H3,(H,32,34). The van der Waals surface area contributed by atoms with Crippen LogP contribution in [0.5, 0.6) is 11.5 Å². The van der Waals surface area contributed by atoms with Crippen molar-refractivity contribution in [3.05, 3.63) is 90.0 Å². The topological polar surface area (TPSA) is 50.8 Å². The average molecular weight is 487 g/mol. The lowest BCUT2D eigenvalue weighted by molar-refractivity contribution is -0.118. The van der Waals surface area contributed by atoms with E-state index >= 15 is 0 Å². The van der Waals surface area contributed by atoms with Crippen molar-refractivity contribution >= 4 is 11.6 Å². The van der Waals surface area contributed by atoms with Gasteiger partial charge in [0.1, 0.15) is 17.6 Å². The van der Waals surface area contributed by atoms with Gasteiger partial charge in [-0.2, -0.15) is 0 Å². The van der Waals surface area contributed by atoms with Crippen molar-refractivity contribution in [2.24, 2.45) is 5.92 Å². The number of rotatable bonds is 10. The lowest BCUT2D eigenvalue weighted by atomic mass is 9.89. The zero-order valence-corrected chi connectivity index (χ0v) is 21.7. The quantitative estimate of drug-likeness (QED) is 0.347. The minimum Gasteiger partial charge on any atom is -0.497 e. The summed E-state index contributed by atoms with van der Waals surface area (Å²) in [7, 11) is 1.67. The molecule has 190 valence electrons. The van der Waals surface area contributed by atoms with Crippen molar-refractivity contribution in [3.8, 4) is 11.5 Å². The fourth-order valence-corrected chi connectivity index (χ4v) is 4.73. The van der Waals surface area contributed by atoms with Crippen molar-refractivity contribution in [2.75, 3.05) is 32.1 Å². The number of carbonyl (C=O) groups is 1. The van der Waals surface area contributed by atoms with Crippen LogP contribution in [-0.4, -0.2) is 37.6 Å². The summed E-state index contributed by atoms with van der Waals surface area (Å²) in [5.41, 5.74) is 3.42. The minimum absolute atomic E-state index is 0.00133. The molecule has 36 heavy (non-hydrogen) atoms. The van der Waals surface area contributed by atoms with Crippen LogP contribution in [0.2, 0.25) is 0 Å². The van der Waals surface area contributed by atoms with E-state index in [1.165, 1.54) is 11.1 Å². The highest BCUT2D eigenvalue weighted by molar-refractivity contribution is 5.92. The van der Waals surface area contributed by atoms with Gasteiger partial charge < -0.3 is 19.7 Å². The molecule has 3 aromatic carbocycles. The molecule has 1 aliphatic rings. The van der Waals surface area contributed by atoms with Gasteiger partial charge >= 0.3 is 0 Å². The number of ether oxygens (including phenoxy) is 2. The van der Waals surface area contributed by atoms with Gasteiger partial charge in [-0.1, -0.05) is 56.3 Å². The second-order valence-corrected chi connectivity index (χ2v) is 9.87. The molecule has 3 aromatic rings. The molecule has 1 saturated heterocycles. The van der Waals surface area contributed by atoms with Crippen LogP contribution in [0, 0.1) is 5.92 Å². The number of methoxy groups -OCH3 is 1. The molecule has 1 heterocycles. The average Bonchev–Trinajstić information content (AvgIpc) is 2.92. The Morgan fingerprint density at radius 2 is 1.64 bits per heavy atom. The first kappa shape index (κ1) is 25.8. The zero-order valence-electron chi connectivity index (χ0n) is 21.7. The van der Waals surface area contributed by atoms with E-state index in [1.54, 1.807) is 7.11 Å². The minimum atomic E-state index is -0.0229. The molecule has 1 N–H and O–H groups in total. The second-order valence-electron chi connectivity index (χ2n) is 9.87. The lowest BCUT2D eigenvalue weighted by Crippen LogP contribution is -2.34. The first-order valence-corrected chi connectivity index (χ1v) is 13.0. The van der Waals surface area contributed by atoms with Crippen LogP contribution in [-0.2, 0) is 4.79 Å². The van der Waals surface area contributed by atoms with E-state index < -0.39 is 0 Å². The third kappa shape index (κ3) is 7.11. The van der Waals surface area contributed by atoms with Crippen molar-refractivity contribution in [1.29, 1.82) is 0 Å². The van der Waals surface area contributed by atoms with Crippen molar-refractivity contribution < 1.29 is 14.3 Å². The van der Waals surface area contributed by atoms with Gasteiger partial charge in [0.15, 0.2) is 0 Å². The van der Waals surface area contributed by atoms with Crippen LogP contribution in [0.4, 0.5) is 5.69 Å². The Kier molecular flexibility index (Phi) is 9.01. The molecule has 0 radical (unpaired) electrons. The Bertz CT molecular complexity index is 1090. The maximum Gasteiger partial charge on any atom is 0.226 e. The summed E-state index contributed by atoms with van der Waals surface area (Å²) in [6.07, 6.45) is 3.17. The molecule has 0 aromatic heterocycles. The first-order valence-electron chi connectivity index (χ1n) is 13.0. The monoisotopic (exact) mass is 486 g/mol. The smallest absolute Gasteiger partial charge is 0.226 e. The molecule has 0 bridgehead atoms. The SMILES string of the molecule is COc1ccc(OC(CCN2CCC(c3cccc(NC(=O)C(C)C)c3)CC2)c2ccccc2)cc1. The van der Waals surface area contributed by atoms with Crippen LogP contribution in [0.1, 0.15) is 56.3 Å². The second kappa shape index (κ2) is 12.6. The number of anilines is 1. The van der Waals surface area contributed by atoms with Crippen LogP contribution in [0.25, 0.3) is 0 Å². The van der Waals surface area contributed by atoms with Gasteiger partial charge in [-0.15, -0.1) is 0 Å². The predicted octanol–water partition coefficient (Wildman–Crippen LogP) is 6.68. The van der Waals surface area contributed by atoms with E-state index in [1.807, 2.05) is 50.2 Å².